The molecule has 0 aliphatic carbocycles. The summed E-state index contributed by atoms with van der Waals surface area (Å²) in [5.41, 5.74) is 1.27. The number of carbonyl (C=O) groups excluding carboxylic acids is 2. The molecule has 1 heterocycles. The van der Waals surface area contributed by atoms with Crippen molar-refractivity contribution in [3.63, 3.8) is 0 Å². The van der Waals surface area contributed by atoms with Crippen LogP contribution < -0.4 is 10.6 Å². The molecule has 0 bridgehead atoms. The number of carbonyl (C=O) groups is 2. The molecule has 5 heteroatoms. The summed E-state index contributed by atoms with van der Waals surface area (Å²) >= 11 is 0. The third kappa shape index (κ3) is 3.81. The fourth-order valence-corrected chi connectivity index (χ4v) is 2.05. The molecule has 1 atom stereocenters. The highest BCUT2D eigenvalue weighted by Crippen LogP contribution is 2.15. The summed E-state index contributed by atoms with van der Waals surface area (Å²) in [6.07, 6.45) is 2.25. The molecule has 108 valence electrons. The van der Waals surface area contributed by atoms with Crippen molar-refractivity contribution >= 4 is 17.5 Å². The van der Waals surface area contributed by atoms with Crippen LogP contribution in [0, 0.1) is 0 Å². The van der Waals surface area contributed by atoms with Crippen molar-refractivity contribution in [2.24, 2.45) is 0 Å². The first-order valence-electron chi connectivity index (χ1n) is 7.01. The van der Waals surface area contributed by atoms with Gasteiger partial charge in [0.05, 0.1) is 0 Å². The Morgan fingerprint density at radius 1 is 1.30 bits per heavy atom. The zero-order chi connectivity index (χ0) is 14.4. The van der Waals surface area contributed by atoms with Gasteiger partial charge in [-0.1, -0.05) is 6.92 Å². The van der Waals surface area contributed by atoms with Gasteiger partial charge in [0.1, 0.15) is 6.10 Å². The minimum absolute atomic E-state index is 0.0937. The van der Waals surface area contributed by atoms with Crippen LogP contribution in [-0.2, 0) is 9.53 Å². The van der Waals surface area contributed by atoms with E-state index in [9.17, 15) is 9.59 Å². The Labute approximate surface area is 118 Å². The highest BCUT2D eigenvalue weighted by Gasteiger charge is 2.23. The first-order valence-corrected chi connectivity index (χ1v) is 7.01. The Balaban J connectivity index is 1.90. The number of benzene rings is 1. The Bertz CT molecular complexity index is 465. The van der Waals surface area contributed by atoms with Crippen molar-refractivity contribution in [3.8, 4) is 0 Å². The number of hydrogen-bond acceptors (Lipinski definition) is 3. The number of ether oxygens (including phenoxy) is 1. The van der Waals surface area contributed by atoms with Crippen molar-refractivity contribution in [1.82, 2.24) is 5.32 Å². The standard InChI is InChI=1S/C15H20N2O3/c1-2-9-16-14(18)11-5-7-12(8-6-11)17-15(19)13-4-3-10-20-13/h5-8,13H,2-4,9-10H2,1H3,(H,16,18)(H,17,19)/t13-/m0/s1. The quantitative estimate of drug-likeness (QED) is 0.863. The van der Waals surface area contributed by atoms with Gasteiger partial charge in [0.15, 0.2) is 0 Å². The fourth-order valence-electron chi connectivity index (χ4n) is 2.05. The van der Waals surface area contributed by atoms with E-state index in [4.69, 9.17) is 4.74 Å². The maximum Gasteiger partial charge on any atom is 0.253 e. The van der Waals surface area contributed by atoms with Gasteiger partial charge in [-0.3, -0.25) is 9.59 Å². The van der Waals surface area contributed by atoms with Crippen molar-refractivity contribution in [1.29, 1.82) is 0 Å². The van der Waals surface area contributed by atoms with E-state index >= 15 is 0 Å². The van der Waals surface area contributed by atoms with Gasteiger partial charge in [0.25, 0.3) is 11.8 Å². The monoisotopic (exact) mass is 276 g/mol. The maximum atomic E-state index is 11.9. The number of hydrogen-bond donors (Lipinski definition) is 2. The predicted octanol–water partition coefficient (Wildman–Crippen LogP) is 1.94. The lowest BCUT2D eigenvalue weighted by molar-refractivity contribution is -0.124. The summed E-state index contributed by atoms with van der Waals surface area (Å²) < 4.78 is 5.32. The van der Waals surface area contributed by atoms with Gasteiger partial charge in [0.2, 0.25) is 0 Å². The van der Waals surface area contributed by atoms with Gasteiger partial charge in [-0.15, -0.1) is 0 Å². The third-order valence-corrected chi connectivity index (χ3v) is 3.17. The maximum absolute atomic E-state index is 11.9. The van der Waals surface area contributed by atoms with E-state index in [2.05, 4.69) is 10.6 Å². The summed E-state index contributed by atoms with van der Waals surface area (Å²) in [6.45, 7) is 3.31. The number of nitrogens with one attached hydrogen (secondary N) is 2. The molecule has 2 amide bonds. The topological polar surface area (TPSA) is 67.4 Å². The van der Waals surface area contributed by atoms with Crippen LogP contribution in [-0.4, -0.2) is 31.1 Å². The molecule has 2 N–H and O–H groups in total. The summed E-state index contributed by atoms with van der Waals surface area (Å²) in [5, 5.41) is 5.60. The summed E-state index contributed by atoms with van der Waals surface area (Å²) in [6, 6.07) is 6.87. The minimum atomic E-state index is -0.345. The minimum Gasteiger partial charge on any atom is -0.368 e. The normalized spacial score (nSPS) is 17.8. The van der Waals surface area contributed by atoms with Crippen molar-refractivity contribution < 1.29 is 14.3 Å². The molecule has 20 heavy (non-hydrogen) atoms. The molecular weight excluding hydrogens is 256 g/mol. The Hall–Kier alpha value is -1.88. The number of amides is 2. The molecular formula is C15H20N2O3. The molecule has 5 nitrogen and oxygen atoms in total. The molecule has 1 aromatic carbocycles. The SMILES string of the molecule is CCCNC(=O)c1ccc(NC(=O)[C@@H]2CCCO2)cc1. The second-order valence-corrected chi connectivity index (χ2v) is 4.82. The van der Waals surface area contributed by atoms with Gasteiger partial charge in [-0.2, -0.15) is 0 Å². The lowest BCUT2D eigenvalue weighted by atomic mass is 10.2. The van der Waals surface area contributed by atoms with Crippen molar-refractivity contribution in [2.75, 3.05) is 18.5 Å². The van der Waals surface area contributed by atoms with Crippen LogP contribution in [0.4, 0.5) is 5.69 Å². The van der Waals surface area contributed by atoms with Gasteiger partial charge in [-0.25, -0.2) is 0 Å². The van der Waals surface area contributed by atoms with E-state index in [0.29, 0.717) is 24.4 Å². The zero-order valence-electron chi connectivity index (χ0n) is 11.6. The van der Waals surface area contributed by atoms with E-state index in [1.807, 2.05) is 6.92 Å². The fraction of sp³-hybridized carbons (Fsp3) is 0.467. The average molecular weight is 276 g/mol. The van der Waals surface area contributed by atoms with Crippen LogP contribution in [0.1, 0.15) is 36.5 Å². The summed E-state index contributed by atoms with van der Waals surface area (Å²) in [4.78, 5) is 23.6. The van der Waals surface area contributed by atoms with Gasteiger partial charge >= 0.3 is 0 Å². The molecule has 1 fully saturated rings. The number of anilines is 1. The first-order chi connectivity index (χ1) is 9.70. The van der Waals surface area contributed by atoms with Crippen LogP contribution in [0.5, 0.6) is 0 Å². The molecule has 0 aromatic heterocycles. The molecule has 2 rings (SSSR count). The van der Waals surface area contributed by atoms with E-state index in [1.54, 1.807) is 24.3 Å². The molecule has 0 radical (unpaired) electrons. The molecule has 1 aromatic rings. The van der Waals surface area contributed by atoms with E-state index < -0.39 is 0 Å². The van der Waals surface area contributed by atoms with Crippen molar-refractivity contribution in [2.45, 2.75) is 32.3 Å². The largest absolute Gasteiger partial charge is 0.368 e. The van der Waals surface area contributed by atoms with E-state index in [-0.39, 0.29) is 17.9 Å². The molecule has 1 aliphatic rings. The first kappa shape index (κ1) is 14.5. The van der Waals surface area contributed by atoms with Gasteiger partial charge in [0, 0.05) is 24.4 Å². The predicted molar refractivity (Wildman–Crippen MR) is 76.7 cm³/mol. The number of rotatable bonds is 5. The van der Waals surface area contributed by atoms with Gasteiger partial charge in [-0.05, 0) is 43.5 Å². The molecule has 0 unspecified atom stereocenters. The Kier molecular flexibility index (Phi) is 5.12. The highest BCUT2D eigenvalue weighted by atomic mass is 16.5. The van der Waals surface area contributed by atoms with Crippen LogP contribution in [0.25, 0.3) is 0 Å². The lowest BCUT2D eigenvalue weighted by Crippen LogP contribution is -2.27. The molecule has 0 saturated carbocycles. The van der Waals surface area contributed by atoms with E-state index in [1.165, 1.54) is 0 Å². The van der Waals surface area contributed by atoms with Crippen molar-refractivity contribution in [3.05, 3.63) is 29.8 Å². The smallest absolute Gasteiger partial charge is 0.253 e. The summed E-state index contributed by atoms with van der Waals surface area (Å²) in [5.74, 6) is -0.213. The van der Waals surface area contributed by atoms with E-state index in [0.717, 1.165) is 19.3 Å². The Morgan fingerprint density at radius 2 is 2.05 bits per heavy atom. The molecule has 1 aliphatic heterocycles. The molecule has 0 spiro atoms. The second-order valence-electron chi connectivity index (χ2n) is 4.82. The van der Waals surface area contributed by atoms with Crippen LogP contribution in [0.15, 0.2) is 24.3 Å². The van der Waals surface area contributed by atoms with Crippen LogP contribution in [0.2, 0.25) is 0 Å². The van der Waals surface area contributed by atoms with Crippen LogP contribution >= 0.6 is 0 Å². The highest BCUT2D eigenvalue weighted by molar-refractivity contribution is 5.96. The zero-order valence-corrected chi connectivity index (χ0v) is 11.6. The molecule has 1 saturated heterocycles. The average Bonchev–Trinajstić information content (AvgIpc) is 3.00. The lowest BCUT2D eigenvalue weighted by Gasteiger charge is -2.10. The second kappa shape index (κ2) is 7.05. The summed E-state index contributed by atoms with van der Waals surface area (Å²) in [7, 11) is 0. The Morgan fingerprint density at radius 3 is 2.65 bits per heavy atom. The van der Waals surface area contributed by atoms with Gasteiger partial charge < -0.3 is 15.4 Å². The van der Waals surface area contributed by atoms with Crippen LogP contribution in [0.3, 0.4) is 0 Å². The third-order valence-electron chi connectivity index (χ3n) is 3.17.